The number of sulfonamides is 1. The van der Waals surface area contributed by atoms with Gasteiger partial charge in [-0.05, 0) is 67.1 Å². The summed E-state index contributed by atoms with van der Waals surface area (Å²) in [5.74, 6) is 0.793. The number of piperidine rings is 1. The van der Waals surface area contributed by atoms with Crippen molar-refractivity contribution in [1.82, 2.24) is 0 Å². The van der Waals surface area contributed by atoms with Gasteiger partial charge in [-0.1, -0.05) is 26.0 Å². The Labute approximate surface area is 150 Å². The molecule has 1 saturated heterocycles. The molecule has 0 saturated carbocycles. The smallest absolute Gasteiger partial charge is 0.261 e. The van der Waals surface area contributed by atoms with Crippen molar-refractivity contribution in [1.29, 1.82) is 0 Å². The summed E-state index contributed by atoms with van der Waals surface area (Å²) in [6.45, 7) is 6.47. The maximum Gasteiger partial charge on any atom is 0.261 e. The minimum atomic E-state index is -3.55. The van der Waals surface area contributed by atoms with Crippen LogP contribution in [-0.2, 0) is 16.4 Å². The molecule has 134 valence electrons. The van der Waals surface area contributed by atoms with Gasteiger partial charge in [-0.25, -0.2) is 8.42 Å². The molecule has 2 aromatic carbocycles. The average molecular weight is 359 g/mol. The number of nitrogens with zero attached hydrogens (tertiary/aromatic N) is 1. The Morgan fingerprint density at radius 2 is 1.60 bits per heavy atom. The molecule has 1 heterocycles. The molecule has 1 fully saturated rings. The van der Waals surface area contributed by atoms with Gasteiger partial charge < -0.3 is 4.90 Å². The number of hydrogen-bond acceptors (Lipinski definition) is 3. The van der Waals surface area contributed by atoms with Gasteiger partial charge in [0.2, 0.25) is 0 Å². The highest BCUT2D eigenvalue weighted by Gasteiger charge is 2.17. The quantitative estimate of drug-likeness (QED) is 0.867. The minimum absolute atomic E-state index is 0.291. The Morgan fingerprint density at radius 1 is 1.00 bits per heavy atom. The number of benzene rings is 2. The normalized spacial score (nSPS) is 16.0. The van der Waals surface area contributed by atoms with E-state index >= 15 is 0 Å². The van der Waals surface area contributed by atoms with Crippen LogP contribution in [0.5, 0.6) is 0 Å². The standard InChI is InChI=1S/C20H26N2O2S/c1-3-17-4-10-20(11-5-17)25(23,24)21-18-6-8-19(9-7-18)22-14-12-16(2)13-15-22/h4-11,16,21H,3,12-15H2,1-2H3. The fourth-order valence-corrected chi connectivity index (χ4v) is 4.18. The van der Waals surface area contributed by atoms with Crippen LogP contribution in [0.4, 0.5) is 11.4 Å². The van der Waals surface area contributed by atoms with Gasteiger partial charge in [-0.15, -0.1) is 0 Å². The molecule has 0 amide bonds. The summed E-state index contributed by atoms with van der Waals surface area (Å²) in [6.07, 6.45) is 3.31. The van der Waals surface area contributed by atoms with E-state index in [1.54, 1.807) is 12.1 Å². The van der Waals surface area contributed by atoms with E-state index in [2.05, 4.69) is 16.5 Å². The van der Waals surface area contributed by atoms with Gasteiger partial charge in [0.15, 0.2) is 0 Å². The first-order valence-electron chi connectivity index (χ1n) is 8.94. The number of nitrogens with one attached hydrogen (secondary N) is 1. The van der Waals surface area contributed by atoms with E-state index < -0.39 is 10.0 Å². The fraction of sp³-hybridized carbons (Fsp3) is 0.400. The Hall–Kier alpha value is -2.01. The largest absolute Gasteiger partial charge is 0.372 e. The van der Waals surface area contributed by atoms with Crippen LogP contribution in [0.25, 0.3) is 0 Å². The lowest BCUT2D eigenvalue weighted by molar-refractivity contribution is 0.438. The van der Waals surface area contributed by atoms with E-state index in [1.807, 2.05) is 43.3 Å². The molecule has 3 rings (SSSR count). The highest BCUT2D eigenvalue weighted by molar-refractivity contribution is 7.92. The first-order valence-corrected chi connectivity index (χ1v) is 10.4. The zero-order chi connectivity index (χ0) is 17.9. The van der Waals surface area contributed by atoms with E-state index in [1.165, 1.54) is 12.8 Å². The number of anilines is 2. The SMILES string of the molecule is CCc1ccc(S(=O)(=O)Nc2ccc(N3CCC(C)CC3)cc2)cc1. The van der Waals surface area contributed by atoms with Crippen LogP contribution in [0.3, 0.4) is 0 Å². The Balaban J connectivity index is 1.69. The second-order valence-electron chi connectivity index (χ2n) is 6.82. The van der Waals surface area contributed by atoms with Crippen molar-refractivity contribution in [3.63, 3.8) is 0 Å². The predicted molar refractivity (Wildman–Crippen MR) is 104 cm³/mol. The average Bonchev–Trinajstić information content (AvgIpc) is 2.63. The van der Waals surface area contributed by atoms with E-state index in [0.717, 1.165) is 36.7 Å². The van der Waals surface area contributed by atoms with Gasteiger partial charge >= 0.3 is 0 Å². The fourth-order valence-electron chi connectivity index (χ4n) is 3.13. The van der Waals surface area contributed by atoms with Gasteiger partial charge in [-0.3, -0.25) is 4.72 Å². The molecular weight excluding hydrogens is 332 g/mol. The molecule has 1 aliphatic rings. The molecule has 0 spiro atoms. The molecule has 2 aromatic rings. The van der Waals surface area contributed by atoms with Crippen LogP contribution in [0, 0.1) is 5.92 Å². The number of aryl methyl sites for hydroxylation is 1. The summed E-state index contributed by atoms with van der Waals surface area (Å²) in [5.41, 5.74) is 2.87. The van der Waals surface area contributed by atoms with Gasteiger partial charge in [0.25, 0.3) is 10.0 Å². The molecule has 0 atom stereocenters. The zero-order valence-electron chi connectivity index (χ0n) is 14.9. The molecule has 0 aromatic heterocycles. The number of rotatable bonds is 5. The van der Waals surface area contributed by atoms with Crippen molar-refractivity contribution in [3.8, 4) is 0 Å². The van der Waals surface area contributed by atoms with Crippen molar-refractivity contribution in [2.75, 3.05) is 22.7 Å². The maximum atomic E-state index is 12.5. The van der Waals surface area contributed by atoms with Crippen molar-refractivity contribution >= 4 is 21.4 Å². The molecule has 25 heavy (non-hydrogen) atoms. The van der Waals surface area contributed by atoms with Crippen molar-refractivity contribution in [2.24, 2.45) is 5.92 Å². The topological polar surface area (TPSA) is 49.4 Å². The van der Waals surface area contributed by atoms with Crippen molar-refractivity contribution in [2.45, 2.75) is 38.0 Å². The van der Waals surface area contributed by atoms with Crippen molar-refractivity contribution in [3.05, 3.63) is 54.1 Å². The summed E-state index contributed by atoms with van der Waals surface area (Å²) in [7, 11) is -3.55. The lowest BCUT2D eigenvalue weighted by Crippen LogP contribution is -2.32. The first-order chi connectivity index (χ1) is 12.0. The van der Waals surface area contributed by atoms with Gasteiger partial charge in [0.05, 0.1) is 4.90 Å². The third-order valence-corrected chi connectivity index (χ3v) is 6.31. The first kappa shape index (κ1) is 17.8. The van der Waals surface area contributed by atoms with Gasteiger partial charge in [-0.2, -0.15) is 0 Å². The monoisotopic (exact) mass is 358 g/mol. The molecule has 0 aliphatic carbocycles. The van der Waals surface area contributed by atoms with Gasteiger partial charge in [0.1, 0.15) is 0 Å². The Morgan fingerprint density at radius 3 is 2.16 bits per heavy atom. The van der Waals surface area contributed by atoms with Gasteiger partial charge in [0, 0.05) is 24.5 Å². The Kier molecular flexibility index (Phi) is 5.33. The van der Waals surface area contributed by atoms with E-state index in [-0.39, 0.29) is 0 Å². The van der Waals surface area contributed by atoms with Crippen LogP contribution >= 0.6 is 0 Å². The summed E-state index contributed by atoms with van der Waals surface area (Å²) < 4.78 is 27.7. The lowest BCUT2D eigenvalue weighted by Gasteiger charge is -2.32. The highest BCUT2D eigenvalue weighted by atomic mass is 32.2. The number of hydrogen-bond donors (Lipinski definition) is 1. The molecule has 1 aliphatic heterocycles. The zero-order valence-corrected chi connectivity index (χ0v) is 15.7. The van der Waals surface area contributed by atoms with Crippen molar-refractivity contribution < 1.29 is 8.42 Å². The summed E-state index contributed by atoms with van der Waals surface area (Å²) in [6, 6.07) is 14.7. The summed E-state index contributed by atoms with van der Waals surface area (Å²) >= 11 is 0. The van der Waals surface area contributed by atoms with Crippen LogP contribution in [0.1, 0.15) is 32.3 Å². The second-order valence-corrected chi connectivity index (χ2v) is 8.50. The maximum absolute atomic E-state index is 12.5. The highest BCUT2D eigenvalue weighted by Crippen LogP contribution is 2.25. The summed E-state index contributed by atoms with van der Waals surface area (Å²) in [5, 5.41) is 0. The molecule has 0 radical (unpaired) electrons. The molecule has 0 unspecified atom stereocenters. The van der Waals surface area contributed by atoms with E-state index in [9.17, 15) is 8.42 Å². The van der Waals surface area contributed by atoms with Crippen LogP contribution in [0.2, 0.25) is 0 Å². The van der Waals surface area contributed by atoms with Crippen LogP contribution in [0.15, 0.2) is 53.4 Å². The van der Waals surface area contributed by atoms with E-state index in [0.29, 0.717) is 10.6 Å². The molecule has 1 N–H and O–H groups in total. The van der Waals surface area contributed by atoms with Crippen LogP contribution in [-0.4, -0.2) is 21.5 Å². The second kappa shape index (κ2) is 7.48. The molecule has 5 heteroatoms. The summed E-state index contributed by atoms with van der Waals surface area (Å²) in [4.78, 5) is 2.65. The third-order valence-electron chi connectivity index (χ3n) is 4.91. The van der Waals surface area contributed by atoms with E-state index in [4.69, 9.17) is 0 Å². The predicted octanol–water partition coefficient (Wildman–Crippen LogP) is 4.29. The lowest BCUT2D eigenvalue weighted by atomic mass is 9.99. The van der Waals surface area contributed by atoms with Crippen LogP contribution < -0.4 is 9.62 Å². The third kappa shape index (κ3) is 4.34. The molecular formula is C20H26N2O2S. The molecule has 0 bridgehead atoms. The Bertz CT molecular complexity index is 791. The minimum Gasteiger partial charge on any atom is -0.372 e. The molecule has 4 nitrogen and oxygen atoms in total.